The van der Waals surface area contributed by atoms with Crippen molar-refractivity contribution < 1.29 is 9.13 Å². The summed E-state index contributed by atoms with van der Waals surface area (Å²) in [5.74, 6) is 0. The Labute approximate surface area is 265 Å². The molecule has 0 spiro atoms. The van der Waals surface area contributed by atoms with Gasteiger partial charge in [-0.05, 0) is 59.1 Å². The van der Waals surface area contributed by atoms with E-state index in [9.17, 15) is 4.57 Å². The Bertz CT molecular complexity index is 1890. The second-order valence-electron chi connectivity index (χ2n) is 10.5. The lowest BCUT2D eigenvalue weighted by Crippen LogP contribution is -2.22. The van der Waals surface area contributed by atoms with Gasteiger partial charge in [-0.1, -0.05) is 133 Å². The summed E-state index contributed by atoms with van der Waals surface area (Å²) in [5, 5.41) is 4.61. The molecule has 0 saturated carbocycles. The molecule has 0 radical (unpaired) electrons. The van der Waals surface area contributed by atoms with E-state index in [2.05, 4.69) is 24.3 Å². The first-order chi connectivity index (χ1) is 22.0. The third-order valence-corrected chi connectivity index (χ3v) is 17.4. The van der Waals surface area contributed by atoms with Crippen LogP contribution in [-0.4, -0.2) is 12.4 Å². The van der Waals surface area contributed by atoms with Crippen molar-refractivity contribution in [3.05, 3.63) is 182 Å². The molecular weight excluding hydrogens is 609 g/mol. The van der Waals surface area contributed by atoms with E-state index in [0.29, 0.717) is 27.4 Å². The van der Waals surface area contributed by atoms with Crippen LogP contribution >= 0.6 is 21.6 Å². The van der Waals surface area contributed by atoms with Crippen LogP contribution in [0.4, 0.5) is 0 Å². The predicted molar refractivity (Wildman–Crippen MR) is 194 cm³/mol. The second-order valence-corrected chi connectivity index (χ2v) is 18.8. The zero-order valence-corrected chi connectivity index (χ0v) is 27.3. The summed E-state index contributed by atoms with van der Waals surface area (Å²) < 4.78 is 40.9. The largest absolute Gasteiger partial charge is 0.288 e. The predicted octanol–water partition coefficient (Wildman–Crippen LogP) is 7.77. The molecule has 0 heterocycles. The molecule has 0 aliphatic heterocycles. The minimum absolute atomic E-state index is 0.342. The highest BCUT2D eigenvalue weighted by molar-refractivity contribution is 7.90. The van der Waals surface area contributed by atoms with Gasteiger partial charge in [0.15, 0.2) is 0 Å². The SMILES string of the molecule is O=P(N=P(C/C=N/P(=O)(c1ccccc1)c1ccccc1)(c1ccccc1)c1ccccc1)(c1ccccc1)c1ccccc1. The van der Waals surface area contributed by atoms with Crippen LogP contribution < -0.4 is 31.8 Å². The van der Waals surface area contributed by atoms with Crippen LogP contribution in [0.1, 0.15) is 0 Å². The molecule has 0 bridgehead atoms. The second kappa shape index (κ2) is 13.8. The molecule has 0 amide bonds. The molecule has 0 unspecified atom stereocenters. The zero-order valence-electron chi connectivity index (χ0n) is 24.7. The minimum Gasteiger partial charge on any atom is -0.288 e. The molecule has 0 aliphatic rings. The lowest BCUT2D eigenvalue weighted by molar-refractivity contribution is 0.587. The number of benzene rings is 6. The molecule has 45 heavy (non-hydrogen) atoms. The Morgan fingerprint density at radius 3 is 0.956 bits per heavy atom. The van der Waals surface area contributed by atoms with Gasteiger partial charge in [0.2, 0.25) is 14.6 Å². The van der Waals surface area contributed by atoms with E-state index in [0.717, 1.165) is 10.6 Å². The molecule has 0 aliphatic carbocycles. The van der Waals surface area contributed by atoms with E-state index in [-0.39, 0.29) is 0 Å². The van der Waals surface area contributed by atoms with E-state index >= 15 is 4.57 Å². The van der Waals surface area contributed by atoms with Crippen LogP contribution in [0.5, 0.6) is 0 Å². The normalized spacial score (nSPS) is 12.2. The van der Waals surface area contributed by atoms with Crippen LogP contribution in [-0.2, 0) is 9.13 Å². The maximum absolute atomic E-state index is 15.5. The van der Waals surface area contributed by atoms with E-state index in [1.54, 1.807) is 6.21 Å². The zero-order chi connectivity index (χ0) is 31.0. The van der Waals surface area contributed by atoms with Crippen molar-refractivity contribution >= 4 is 59.7 Å². The molecule has 6 aromatic rings. The number of nitrogens with zero attached hydrogens (tertiary/aromatic N) is 2. The van der Waals surface area contributed by atoms with Crippen molar-refractivity contribution in [3.63, 3.8) is 0 Å². The van der Waals surface area contributed by atoms with E-state index in [1.807, 2.05) is 158 Å². The molecule has 222 valence electrons. The van der Waals surface area contributed by atoms with Gasteiger partial charge in [-0.3, -0.25) is 9.13 Å². The summed E-state index contributed by atoms with van der Waals surface area (Å²) in [7, 11) is -9.74. The fourth-order valence-electron chi connectivity index (χ4n) is 5.39. The third kappa shape index (κ3) is 6.42. The summed E-state index contributed by atoms with van der Waals surface area (Å²) in [6, 6.07) is 58.1. The van der Waals surface area contributed by atoms with Crippen molar-refractivity contribution in [2.45, 2.75) is 0 Å². The average molecular weight is 643 g/mol. The van der Waals surface area contributed by atoms with Crippen LogP contribution in [0.15, 0.2) is 191 Å². The maximum Gasteiger partial charge on any atom is 0.247 e. The lowest BCUT2D eigenvalue weighted by atomic mass is 10.4. The quantitative estimate of drug-likeness (QED) is 0.113. The van der Waals surface area contributed by atoms with Crippen molar-refractivity contribution in [2.75, 3.05) is 6.16 Å². The van der Waals surface area contributed by atoms with Gasteiger partial charge in [-0.2, -0.15) is 0 Å². The molecular formula is C38H33N2O2P3. The van der Waals surface area contributed by atoms with Crippen molar-refractivity contribution in [1.29, 1.82) is 0 Å². The fraction of sp³-hybridized carbons (Fsp3) is 0.0263. The molecule has 0 aromatic heterocycles. The maximum atomic E-state index is 15.5. The van der Waals surface area contributed by atoms with Gasteiger partial charge < -0.3 is 0 Å². The van der Waals surface area contributed by atoms with Gasteiger partial charge in [0.05, 0.1) is 0 Å². The first kappa shape index (κ1) is 30.7. The molecule has 6 rings (SSSR count). The highest BCUT2D eigenvalue weighted by Gasteiger charge is 2.34. The van der Waals surface area contributed by atoms with E-state index in [1.165, 1.54) is 0 Å². The van der Waals surface area contributed by atoms with Crippen LogP contribution in [0.2, 0.25) is 0 Å². The van der Waals surface area contributed by atoms with Crippen molar-refractivity contribution in [2.24, 2.45) is 9.28 Å². The summed E-state index contributed by atoms with van der Waals surface area (Å²) in [6.45, 7) is 0. The van der Waals surface area contributed by atoms with Gasteiger partial charge in [-0.15, -0.1) is 0 Å². The summed E-state index contributed by atoms with van der Waals surface area (Å²) >= 11 is 0. The Balaban J connectivity index is 1.62. The Morgan fingerprint density at radius 1 is 0.378 bits per heavy atom. The summed E-state index contributed by atoms with van der Waals surface area (Å²) in [6.07, 6.45) is 2.12. The monoisotopic (exact) mass is 642 g/mol. The molecule has 0 saturated heterocycles. The average Bonchev–Trinajstić information content (AvgIpc) is 3.13. The molecule has 7 heteroatoms. The summed E-state index contributed by atoms with van der Waals surface area (Å²) in [5.41, 5.74) is 0. The minimum atomic E-state index is -3.53. The van der Waals surface area contributed by atoms with Gasteiger partial charge in [0, 0.05) is 40.6 Å². The molecule has 4 nitrogen and oxygen atoms in total. The number of hydrogen-bond acceptors (Lipinski definition) is 2. The van der Waals surface area contributed by atoms with Gasteiger partial charge in [0.1, 0.15) is 0 Å². The molecule has 0 N–H and O–H groups in total. The van der Waals surface area contributed by atoms with Gasteiger partial charge in [0.25, 0.3) is 0 Å². The third-order valence-electron chi connectivity index (χ3n) is 7.66. The Hall–Kier alpha value is -4.32. The first-order valence-electron chi connectivity index (χ1n) is 14.8. The number of hydrogen-bond donors (Lipinski definition) is 0. The first-order valence-corrected chi connectivity index (χ1v) is 20.0. The Morgan fingerprint density at radius 2 is 0.644 bits per heavy atom. The van der Waals surface area contributed by atoms with Crippen LogP contribution in [0.3, 0.4) is 0 Å². The van der Waals surface area contributed by atoms with E-state index in [4.69, 9.17) is 9.28 Å². The van der Waals surface area contributed by atoms with Crippen molar-refractivity contribution in [1.82, 2.24) is 0 Å². The topological polar surface area (TPSA) is 58.9 Å². The van der Waals surface area contributed by atoms with Gasteiger partial charge >= 0.3 is 0 Å². The van der Waals surface area contributed by atoms with Gasteiger partial charge in [-0.25, -0.2) is 9.28 Å². The highest BCUT2D eigenvalue weighted by atomic mass is 31.2. The van der Waals surface area contributed by atoms with Crippen LogP contribution in [0, 0.1) is 0 Å². The highest BCUT2D eigenvalue weighted by Crippen LogP contribution is 2.59. The standard InChI is InChI=1S/C38H33N2O2P3/c41-44(35-23-11-3-12-24-35,36-25-13-4-14-26-36)39-31-32-43(33-19-7-1-8-20-33,34-21-9-2-10-22-34)40-45(42,37-27-15-5-16-28-37)38-29-17-6-18-30-38/h1-31H,32H2/b39-31+. The smallest absolute Gasteiger partial charge is 0.247 e. The Kier molecular flexibility index (Phi) is 9.39. The van der Waals surface area contributed by atoms with E-state index < -0.39 is 21.6 Å². The molecule has 0 fully saturated rings. The molecule has 6 aromatic carbocycles. The van der Waals surface area contributed by atoms with Crippen molar-refractivity contribution in [3.8, 4) is 0 Å². The summed E-state index contributed by atoms with van der Waals surface area (Å²) in [4.78, 5) is 0. The fourth-order valence-corrected chi connectivity index (χ4v) is 15.0. The van der Waals surface area contributed by atoms with Crippen LogP contribution in [0.25, 0.3) is 0 Å². The molecule has 0 atom stereocenters. The lowest BCUT2D eigenvalue weighted by Gasteiger charge is -2.28. The number of rotatable bonds is 10.